The van der Waals surface area contributed by atoms with Gasteiger partial charge in [0.1, 0.15) is 11.5 Å². The van der Waals surface area contributed by atoms with Crippen LogP contribution < -0.4 is 0 Å². The fourth-order valence-corrected chi connectivity index (χ4v) is 1.84. The summed E-state index contributed by atoms with van der Waals surface area (Å²) in [6.07, 6.45) is 0.707. The Morgan fingerprint density at radius 1 is 1.19 bits per heavy atom. The van der Waals surface area contributed by atoms with E-state index in [1.807, 2.05) is 0 Å². The van der Waals surface area contributed by atoms with Crippen molar-refractivity contribution in [3.63, 3.8) is 0 Å². The predicted molar refractivity (Wildman–Crippen MR) is 69.4 cm³/mol. The van der Waals surface area contributed by atoms with Crippen LogP contribution in [0.25, 0.3) is 0 Å². The van der Waals surface area contributed by atoms with Crippen LogP contribution in [0.1, 0.15) is 28.0 Å². The molecule has 0 amide bonds. The Bertz CT molecular complexity index is 709. The highest BCUT2D eigenvalue weighted by molar-refractivity contribution is 6.37. The number of halogens is 1. The number of benzene rings is 1. The highest BCUT2D eigenvalue weighted by Gasteiger charge is 2.21. The maximum atomic E-state index is 13.6. The molecule has 7 heteroatoms. The summed E-state index contributed by atoms with van der Waals surface area (Å²) in [5.74, 6) is -3.98. The second-order valence-electron chi connectivity index (χ2n) is 4.37. The summed E-state index contributed by atoms with van der Waals surface area (Å²) >= 11 is 0. The van der Waals surface area contributed by atoms with E-state index in [2.05, 4.69) is 10.2 Å². The number of H-pyrrole nitrogens is 1. The van der Waals surface area contributed by atoms with E-state index in [9.17, 15) is 18.8 Å². The number of ketones is 2. The minimum Gasteiger partial charge on any atom is -0.475 e. The molecule has 0 aliphatic carbocycles. The summed E-state index contributed by atoms with van der Waals surface area (Å²) in [6, 6.07) is 6.07. The molecule has 6 nitrogen and oxygen atoms in total. The van der Waals surface area contributed by atoms with Crippen LogP contribution in [0.2, 0.25) is 0 Å². The van der Waals surface area contributed by atoms with Crippen molar-refractivity contribution < 1.29 is 23.9 Å². The first-order valence-electron chi connectivity index (χ1n) is 6.04. The van der Waals surface area contributed by atoms with Crippen LogP contribution >= 0.6 is 0 Å². The summed E-state index contributed by atoms with van der Waals surface area (Å²) in [4.78, 5) is 33.4. The first-order chi connectivity index (χ1) is 9.99. The number of hydrogen-bond donors (Lipinski definition) is 2. The normalized spacial score (nSPS) is 10.3. The van der Waals surface area contributed by atoms with E-state index >= 15 is 0 Å². The van der Waals surface area contributed by atoms with Gasteiger partial charge in [0.15, 0.2) is 5.78 Å². The van der Waals surface area contributed by atoms with Crippen molar-refractivity contribution in [3.05, 3.63) is 53.1 Å². The third kappa shape index (κ3) is 3.38. The molecule has 2 aromatic rings. The molecular weight excluding hydrogens is 279 g/mol. The van der Waals surface area contributed by atoms with Gasteiger partial charge in [0.25, 0.3) is 0 Å². The number of carboxylic acids is 1. The number of aliphatic carboxylic acids is 1. The number of carboxylic acid groups (broad SMARTS) is 1. The van der Waals surface area contributed by atoms with E-state index in [0.29, 0.717) is 11.1 Å². The standard InChI is InChI=1S/C14H11FN2O4/c15-10-4-2-1-3-8(10)5-9-7-16-17-13(9)11(18)6-12(19)14(20)21/h1-4,7H,5-6H2,(H,16,17)(H,20,21). The molecule has 21 heavy (non-hydrogen) atoms. The number of carbonyl (C=O) groups is 3. The van der Waals surface area contributed by atoms with Crippen molar-refractivity contribution in [2.75, 3.05) is 0 Å². The number of carbonyl (C=O) groups excluding carboxylic acids is 2. The smallest absolute Gasteiger partial charge is 0.372 e. The lowest BCUT2D eigenvalue weighted by molar-refractivity contribution is -0.148. The van der Waals surface area contributed by atoms with Gasteiger partial charge < -0.3 is 5.11 Å². The zero-order chi connectivity index (χ0) is 15.4. The monoisotopic (exact) mass is 290 g/mol. The van der Waals surface area contributed by atoms with Gasteiger partial charge in [-0.05, 0) is 11.6 Å². The van der Waals surface area contributed by atoms with Crippen molar-refractivity contribution in [2.45, 2.75) is 12.8 Å². The molecule has 1 aromatic carbocycles. The molecule has 1 aromatic heterocycles. The summed E-state index contributed by atoms with van der Waals surface area (Å²) in [6.45, 7) is 0. The Kier molecular flexibility index (Phi) is 4.22. The highest BCUT2D eigenvalue weighted by atomic mass is 19.1. The van der Waals surface area contributed by atoms with Gasteiger partial charge in [-0.3, -0.25) is 14.7 Å². The quantitative estimate of drug-likeness (QED) is 0.475. The first-order valence-corrected chi connectivity index (χ1v) is 6.04. The summed E-state index contributed by atoms with van der Waals surface area (Å²) < 4.78 is 13.6. The lowest BCUT2D eigenvalue weighted by Crippen LogP contribution is -2.18. The van der Waals surface area contributed by atoms with Gasteiger partial charge in [0.2, 0.25) is 5.78 Å². The number of aromatic nitrogens is 2. The third-order valence-electron chi connectivity index (χ3n) is 2.90. The molecule has 108 valence electrons. The Labute approximate surface area is 118 Å². The average Bonchev–Trinajstić information content (AvgIpc) is 2.89. The first kappa shape index (κ1) is 14.6. The predicted octanol–water partition coefficient (Wildman–Crippen LogP) is 1.37. The molecule has 0 saturated heterocycles. The van der Waals surface area contributed by atoms with Crippen molar-refractivity contribution in [1.82, 2.24) is 10.2 Å². The topological polar surface area (TPSA) is 100 Å². The lowest BCUT2D eigenvalue weighted by Gasteiger charge is -2.03. The fraction of sp³-hybridized carbons (Fsp3) is 0.143. The molecule has 0 bridgehead atoms. The minimum absolute atomic E-state index is 0.0212. The van der Waals surface area contributed by atoms with Crippen LogP contribution in [0.4, 0.5) is 4.39 Å². The molecule has 0 saturated carbocycles. The highest BCUT2D eigenvalue weighted by Crippen LogP contribution is 2.16. The average molecular weight is 290 g/mol. The zero-order valence-electron chi connectivity index (χ0n) is 10.8. The van der Waals surface area contributed by atoms with Gasteiger partial charge in [0, 0.05) is 12.0 Å². The van der Waals surface area contributed by atoms with Crippen molar-refractivity contribution >= 4 is 17.5 Å². The number of Topliss-reactive ketones (excluding diaryl/α,β-unsaturated/α-hetero) is 2. The van der Waals surface area contributed by atoms with E-state index < -0.39 is 29.8 Å². The largest absolute Gasteiger partial charge is 0.475 e. The molecule has 0 aliphatic rings. The van der Waals surface area contributed by atoms with Gasteiger partial charge >= 0.3 is 5.97 Å². The van der Waals surface area contributed by atoms with Gasteiger partial charge in [-0.15, -0.1) is 0 Å². The van der Waals surface area contributed by atoms with Crippen molar-refractivity contribution in [2.24, 2.45) is 0 Å². The Morgan fingerprint density at radius 3 is 2.57 bits per heavy atom. The number of nitrogens with zero attached hydrogens (tertiary/aromatic N) is 1. The summed E-state index contributed by atoms with van der Waals surface area (Å²) in [7, 11) is 0. The molecule has 2 N–H and O–H groups in total. The van der Waals surface area contributed by atoms with Crippen LogP contribution in [0, 0.1) is 5.82 Å². The molecule has 0 fully saturated rings. The number of rotatable bonds is 6. The lowest BCUT2D eigenvalue weighted by atomic mass is 10.0. The minimum atomic E-state index is -1.67. The van der Waals surface area contributed by atoms with E-state index in [0.717, 1.165) is 0 Å². The van der Waals surface area contributed by atoms with Crippen LogP contribution in [0.3, 0.4) is 0 Å². The molecular formula is C14H11FN2O4. The molecule has 1 heterocycles. The third-order valence-corrected chi connectivity index (χ3v) is 2.90. The molecule has 0 radical (unpaired) electrons. The second-order valence-corrected chi connectivity index (χ2v) is 4.37. The van der Waals surface area contributed by atoms with E-state index in [1.54, 1.807) is 18.2 Å². The van der Waals surface area contributed by atoms with E-state index in [4.69, 9.17) is 5.11 Å². The van der Waals surface area contributed by atoms with Crippen LogP contribution in [-0.4, -0.2) is 32.8 Å². The van der Waals surface area contributed by atoms with Crippen molar-refractivity contribution in [3.8, 4) is 0 Å². The molecule has 0 spiro atoms. The number of aromatic amines is 1. The van der Waals surface area contributed by atoms with Crippen molar-refractivity contribution in [1.29, 1.82) is 0 Å². The van der Waals surface area contributed by atoms with Gasteiger partial charge in [-0.1, -0.05) is 18.2 Å². The van der Waals surface area contributed by atoms with Crippen LogP contribution in [0.5, 0.6) is 0 Å². The van der Waals surface area contributed by atoms with E-state index in [1.165, 1.54) is 12.3 Å². The SMILES string of the molecule is O=C(O)C(=O)CC(=O)c1[nH]ncc1Cc1ccccc1F. The molecule has 0 unspecified atom stereocenters. The molecule has 0 aliphatic heterocycles. The number of nitrogens with one attached hydrogen (secondary N) is 1. The van der Waals surface area contributed by atoms with Crippen LogP contribution in [0.15, 0.2) is 30.5 Å². The maximum Gasteiger partial charge on any atom is 0.372 e. The van der Waals surface area contributed by atoms with Gasteiger partial charge in [0.05, 0.1) is 12.6 Å². The second kappa shape index (κ2) is 6.08. The molecule has 0 atom stereocenters. The fourth-order valence-electron chi connectivity index (χ4n) is 1.84. The summed E-state index contributed by atoms with van der Waals surface area (Å²) in [5, 5.41) is 14.6. The maximum absolute atomic E-state index is 13.6. The summed E-state index contributed by atoms with van der Waals surface area (Å²) in [5.41, 5.74) is 0.800. The number of hydrogen-bond acceptors (Lipinski definition) is 4. The Morgan fingerprint density at radius 2 is 1.90 bits per heavy atom. The van der Waals surface area contributed by atoms with Crippen LogP contribution in [-0.2, 0) is 16.0 Å². The molecule has 2 rings (SSSR count). The van der Waals surface area contributed by atoms with Gasteiger partial charge in [-0.25, -0.2) is 9.18 Å². The van der Waals surface area contributed by atoms with Gasteiger partial charge in [-0.2, -0.15) is 5.10 Å². The Balaban J connectivity index is 2.19. The zero-order valence-corrected chi connectivity index (χ0v) is 10.8. The Hall–Kier alpha value is -2.83. The van der Waals surface area contributed by atoms with E-state index in [-0.39, 0.29) is 12.1 Å².